The van der Waals surface area contributed by atoms with Crippen molar-refractivity contribution in [2.24, 2.45) is 5.92 Å². The van der Waals surface area contributed by atoms with E-state index in [2.05, 4.69) is 58.5 Å². The molecule has 1 N–H and O–H groups in total. The quantitative estimate of drug-likeness (QED) is 0.774. The third kappa shape index (κ3) is 5.04. The lowest BCUT2D eigenvalue weighted by atomic mass is 9.95. The molecular weight excluding hydrogens is 364 g/mol. The number of aryl methyl sites for hydroxylation is 1. The van der Waals surface area contributed by atoms with Crippen LogP contribution in [0.4, 0.5) is 0 Å². The second-order valence-electron chi connectivity index (χ2n) is 8.87. The molecule has 1 saturated heterocycles. The van der Waals surface area contributed by atoms with Gasteiger partial charge in [-0.1, -0.05) is 43.3 Å². The first-order chi connectivity index (χ1) is 14.1. The Hall–Kier alpha value is -2.21. The Balaban J connectivity index is 1.17. The summed E-state index contributed by atoms with van der Waals surface area (Å²) in [6.07, 6.45) is 5.01. The molecular formula is C23H32N4O2. The Bertz CT molecular complexity index is 824. The van der Waals surface area contributed by atoms with Crippen LogP contribution < -0.4 is 5.32 Å². The first kappa shape index (κ1) is 20.1. The second kappa shape index (κ2) is 9.08. The van der Waals surface area contributed by atoms with Gasteiger partial charge in [-0.3, -0.25) is 9.69 Å². The number of nitrogens with zero attached hydrogens (tertiary/aromatic N) is 3. The van der Waals surface area contributed by atoms with Crippen molar-refractivity contribution in [1.29, 1.82) is 0 Å². The maximum absolute atomic E-state index is 12.5. The van der Waals surface area contributed by atoms with Crippen LogP contribution in [0.25, 0.3) is 0 Å². The van der Waals surface area contributed by atoms with Crippen molar-refractivity contribution in [3.63, 3.8) is 0 Å². The summed E-state index contributed by atoms with van der Waals surface area (Å²) in [7, 11) is 0. The average Bonchev–Trinajstić information content (AvgIpc) is 3.35. The Labute approximate surface area is 173 Å². The molecule has 1 amide bonds. The SMILES string of the molecule is CC(C)c1nc(CN2CCC(CNC(=O)CC3CCc4ccccc43)CC2)no1. The van der Waals surface area contributed by atoms with E-state index in [1.807, 2.05) is 0 Å². The van der Waals surface area contributed by atoms with Crippen LogP contribution in [0.3, 0.4) is 0 Å². The van der Waals surface area contributed by atoms with E-state index in [-0.39, 0.29) is 11.8 Å². The molecule has 1 aliphatic carbocycles. The molecule has 4 rings (SSSR count). The summed E-state index contributed by atoms with van der Waals surface area (Å²) in [5, 5.41) is 7.28. The van der Waals surface area contributed by atoms with Crippen molar-refractivity contribution < 1.29 is 9.32 Å². The highest BCUT2D eigenvalue weighted by atomic mass is 16.5. The number of likely N-dealkylation sites (tertiary alicyclic amines) is 1. The van der Waals surface area contributed by atoms with Crippen LogP contribution in [0.5, 0.6) is 0 Å². The number of nitrogens with one attached hydrogen (secondary N) is 1. The minimum Gasteiger partial charge on any atom is -0.356 e. The summed E-state index contributed by atoms with van der Waals surface area (Å²) < 4.78 is 5.29. The van der Waals surface area contributed by atoms with Crippen LogP contribution in [0, 0.1) is 5.92 Å². The predicted octanol–water partition coefficient (Wildman–Crippen LogP) is 3.64. The zero-order valence-corrected chi connectivity index (χ0v) is 17.6. The van der Waals surface area contributed by atoms with E-state index in [4.69, 9.17) is 4.52 Å². The van der Waals surface area contributed by atoms with Crippen molar-refractivity contribution in [3.05, 3.63) is 47.1 Å². The number of hydrogen-bond donors (Lipinski definition) is 1. The zero-order valence-electron chi connectivity index (χ0n) is 17.6. The van der Waals surface area contributed by atoms with Crippen LogP contribution in [0.2, 0.25) is 0 Å². The zero-order chi connectivity index (χ0) is 20.2. The van der Waals surface area contributed by atoms with Crippen molar-refractivity contribution in [2.45, 2.75) is 64.3 Å². The van der Waals surface area contributed by atoms with E-state index in [0.29, 0.717) is 24.1 Å². The van der Waals surface area contributed by atoms with Gasteiger partial charge in [-0.15, -0.1) is 0 Å². The lowest BCUT2D eigenvalue weighted by Crippen LogP contribution is -2.38. The number of amides is 1. The molecule has 0 saturated carbocycles. The third-order valence-corrected chi connectivity index (χ3v) is 6.33. The van der Waals surface area contributed by atoms with Gasteiger partial charge in [0.1, 0.15) is 0 Å². The summed E-state index contributed by atoms with van der Waals surface area (Å²) in [6, 6.07) is 8.56. The maximum Gasteiger partial charge on any atom is 0.229 e. The first-order valence-electron chi connectivity index (χ1n) is 11.0. The highest BCUT2D eigenvalue weighted by molar-refractivity contribution is 5.77. The van der Waals surface area contributed by atoms with E-state index in [9.17, 15) is 4.79 Å². The molecule has 2 aromatic rings. The van der Waals surface area contributed by atoms with Crippen molar-refractivity contribution in [1.82, 2.24) is 20.4 Å². The fourth-order valence-electron chi connectivity index (χ4n) is 4.53. The van der Waals surface area contributed by atoms with Crippen LogP contribution in [-0.2, 0) is 17.8 Å². The number of fused-ring (bicyclic) bond motifs is 1. The number of benzene rings is 1. The summed E-state index contributed by atoms with van der Waals surface area (Å²) in [5.74, 6) is 2.89. The maximum atomic E-state index is 12.5. The van der Waals surface area contributed by atoms with Gasteiger partial charge in [-0.2, -0.15) is 4.98 Å². The van der Waals surface area contributed by atoms with Gasteiger partial charge in [-0.25, -0.2) is 0 Å². The number of carbonyl (C=O) groups excluding carboxylic acids is 1. The van der Waals surface area contributed by atoms with Crippen LogP contribution in [-0.4, -0.2) is 40.6 Å². The Morgan fingerprint density at radius 1 is 1.24 bits per heavy atom. The topological polar surface area (TPSA) is 71.3 Å². The van der Waals surface area contributed by atoms with E-state index >= 15 is 0 Å². The Morgan fingerprint density at radius 3 is 2.79 bits per heavy atom. The molecule has 1 fully saturated rings. The Kier molecular flexibility index (Phi) is 6.28. The molecule has 6 heteroatoms. The van der Waals surface area contributed by atoms with Gasteiger partial charge in [-0.05, 0) is 61.7 Å². The minimum absolute atomic E-state index is 0.196. The summed E-state index contributed by atoms with van der Waals surface area (Å²) >= 11 is 0. The molecule has 1 aromatic heterocycles. The number of piperidine rings is 1. The van der Waals surface area contributed by atoms with Crippen LogP contribution in [0.1, 0.15) is 74.2 Å². The lowest BCUT2D eigenvalue weighted by molar-refractivity contribution is -0.121. The Morgan fingerprint density at radius 2 is 2.03 bits per heavy atom. The smallest absolute Gasteiger partial charge is 0.229 e. The van der Waals surface area contributed by atoms with Gasteiger partial charge in [0.05, 0.1) is 6.54 Å². The van der Waals surface area contributed by atoms with E-state index in [0.717, 1.165) is 57.7 Å². The number of hydrogen-bond acceptors (Lipinski definition) is 5. The molecule has 1 unspecified atom stereocenters. The molecule has 0 bridgehead atoms. The fraction of sp³-hybridized carbons (Fsp3) is 0.609. The molecule has 156 valence electrons. The fourth-order valence-corrected chi connectivity index (χ4v) is 4.53. The summed E-state index contributed by atoms with van der Waals surface area (Å²) in [4.78, 5) is 19.3. The molecule has 1 aromatic carbocycles. The van der Waals surface area contributed by atoms with Gasteiger partial charge in [0.25, 0.3) is 0 Å². The molecule has 29 heavy (non-hydrogen) atoms. The highest BCUT2D eigenvalue weighted by Gasteiger charge is 2.25. The van der Waals surface area contributed by atoms with E-state index in [1.54, 1.807) is 0 Å². The van der Waals surface area contributed by atoms with Crippen molar-refractivity contribution in [2.75, 3.05) is 19.6 Å². The lowest BCUT2D eigenvalue weighted by Gasteiger charge is -2.31. The van der Waals surface area contributed by atoms with E-state index in [1.165, 1.54) is 11.1 Å². The second-order valence-corrected chi connectivity index (χ2v) is 8.87. The largest absolute Gasteiger partial charge is 0.356 e. The van der Waals surface area contributed by atoms with Gasteiger partial charge in [0, 0.05) is 18.9 Å². The molecule has 6 nitrogen and oxygen atoms in total. The molecule has 0 spiro atoms. The monoisotopic (exact) mass is 396 g/mol. The predicted molar refractivity (Wildman–Crippen MR) is 112 cm³/mol. The van der Waals surface area contributed by atoms with Gasteiger partial charge in [0.2, 0.25) is 11.8 Å². The summed E-state index contributed by atoms with van der Waals surface area (Å²) in [5.41, 5.74) is 2.79. The third-order valence-electron chi connectivity index (χ3n) is 6.33. The molecule has 1 aliphatic heterocycles. The number of carbonyl (C=O) groups is 1. The highest BCUT2D eigenvalue weighted by Crippen LogP contribution is 2.35. The van der Waals surface area contributed by atoms with Crippen molar-refractivity contribution in [3.8, 4) is 0 Å². The van der Waals surface area contributed by atoms with Crippen molar-refractivity contribution >= 4 is 5.91 Å². The first-order valence-corrected chi connectivity index (χ1v) is 11.0. The average molecular weight is 397 g/mol. The molecule has 2 heterocycles. The van der Waals surface area contributed by atoms with Crippen LogP contribution in [0.15, 0.2) is 28.8 Å². The normalized spacial score (nSPS) is 20.2. The summed E-state index contributed by atoms with van der Waals surface area (Å²) in [6.45, 7) is 7.69. The molecule has 0 radical (unpaired) electrons. The standard InChI is InChI=1S/C23H32N4O2/c1-16(2)23-25-21(26-29-23)15-27-11-9-17(10-12-27)14-24-22(28)13-19-8-7-18-5-3-4-6-20(18)19/h3-6,16-17,19H,7-15H2,1-2H3,(H,24,28). The van der Waals surface area contributed by atoms with Crippen LogP contribution >= 0.6 is 0 Å². The van der Waals surface area contributed by atoms with Gasteiger partial charge < -0.3 is 9.84 Å². The number of aromatic nitrogens is 2. The van der Waals surface area contributed by atoms with Gasteiger partial charge in [0.15, 0.2) is 5.82 Å². The van der Waals surface area contributed by atoms with Gasteiger partial charge >= 0.3 is 0 Å². The molecule has 1 atom stereocenters. The minimum atomic E-state index is 0.196. The molecule has 2 aliphatic rings. The number of rotatable bonds is 7. The van der Waals surface area contributed by atoms with E-state index < -0.39 is 0 Å².